The Morgan fingerprint density at radius 1 is 0.821 bits per heavy atom. The first-order valence-corrected chi connectivity index (χ1v) is 10.4. The third-order valence-corrected chi connectivity index (χ3v) is 6.25. The van der Waals surface area contributed by atoms with Crippen LogP contribution < -0.4 is 0 Å². The standard InChI is InChI=1S/C25H35NO2/c1-23(2,3)15-12-16-19(26-20(27)10-11-21(26)28)14-18(25(7,8)9)22(16)17(13-15)24(4,5)6/h10-13,18-19H,14H2,1-9H3/t18-,19+/m1/s1. The smallest absolute Gasteiger partial charge is 0.254 e. The highest BCUT2D eigenvalue weighted by Crippen LogP contribution is 2.55. The highest BCUT2D eigenvalue weighted by molar-refractivity contribution is 6.13. The third-order valence-electron chi connectivity index (χ3n) is 6.25. The minimum atomic E-state index is -0.186. The van der Waals surface area contributed by atoms with Crippen molar-refractivity contribution in [1.82, 2.24) is 4.90 Å². The van der Waals surface area contributed by atoms with Crippen molar-refractivity contribution in [3.63, 3.8) is 0 Å². The van der Waals surface area contributed by atoms with E-state index in [9.17, 15) is 9.59 Å². The zero-order chi connectivity index (χ0) is 21.2. The number of hydrogen-bond donors (Lipinski definition) is 0. The Bertz CT molecular complexity index is 838. The lowest BCUT2D eigenvalue weighted by Gasteiger charge is -2.34. The van der Waals surface area contributed by atoms with E-state index in [1.165, 1.54) is 39.3 Å². The lowest BCUT2D eigenvalue weighted by Crippen LogP contribution is -2.33. The van der Waals surface area contributed by atoms with E-state index in [-0.39, 0.29) is 34.1 Å². The summed E-state index contributed by atoms with van der Waals surface area (Å²) in [5.74, 6) is -0.0695. The maximum Gasteiger partial charge on any atom is 0.254 e. The van der Waals surface area contributed by atoms with Crippen LogP contribution in [0.15, 0.2) is 24.3 Å². The van der Waals surface area contributed by atoms with Gasteiger partial charge in [0.15, 0.2) is 0 Å². The number of carbonyl (C=O) groups is 2. The quantitative estimate of drug-likeness (QED) is 0.578. The molecule has 1 heterocycles. The van der Waals surface area contributed by atoms with Gasteiger partial charge >= 0.3 is 0 Å². The summed E-state index contributed by atoms with van der Waals surface area (Å²) in [5, 5.41) is 0. The molecular weight excluding hydrogens is 346 g/mol. The van der Waals surface area contributed by atoms with Gasteiger partial charge in [0, 0.05) is 12.2 Å². The molecule has 0 radical (unpaired) electrons. The number of benzene rings is 1. The molecule has 1 aliphatic heterocycles. The average molecular weight is 382 g/mol. The minimum absolute atomic E-state index is 0.00330. The van der Waals surface area contributed by atoms with E-state index >= 15 is 0 Å². The Morgan fingerprint density at radius 3 is 1.79 bits per heavy atom. The molecule has 0 spiro atoms. The minimum Gasteiger partial charge on any atom is -0.269 e. The molecule has 1 aromatic carbocycles. The number of nitrogens with zero attached hydrogens (tertiary/aromatic N) is 1. The first-order chi connectivity index (χ1) is 12.6. The largest absolute Gasteiger partial charge is 0.269 e. The van der Waals surface area contributed by atoms with Crippen LogP contribution in [-0.2, 0) is 20.4 Å². The maximum absolute atomic E-state index is 12.5. The van der Waals surface area contributed by atoms with Crippen molar-refractivity contribution in [2.24, 2.45) is 5.41 Å². The van der Waals surface area contributed by atoms with E-state index in [4.69, 9.17) is 0 Å². The summed E-state index contributed by atoms with van der Waals surface area (Å²) >= 11 is 0. The number of fused-ring (bicyclic) bond motifs is 1. The normalized spacial score (nSPS) is 23.0. The molecule has 2 amide bonds. The van der Waals surface area contributed by atoms with Crippen LogP contribution in [-0.4, -0.2) is 16.7 Å². The second kappa shape index (κ2) is 6.30. The molecule has 1 aromatic rings. The van der Waals surface area contributed by atoms with Crippen LogP contribution in [0.5, 0.6) is 0 Å². The van der Waals surface area contributed by atoms with Crippen molar-refractivity contribution < 1.29 is 9.59 Å². The van der Waals surface area contributed by atoms with Gasteiger partial charge < -0.3 is 0 Å². The Hall–Kier alpha value is -1.90. The van der Waals surface area contributed by atoms with Gasteiger partial charge in [-0.25, -0.2) is 0 Å². The number of hydrogen-bond acceptors (Lipinski definition) is 2. The first kappa shape index (κ1) is 20.8. The van der Waals surface area contributed by atoms with Gasteiger partial charge in [0.1, 0.15) is 0 Å². The van der Waals surface area contributed by atoms with E-state index in [1.54, 1.807) is 0 Å². The lowest BCUT2D eigenvalue weighted by atomic mass is 9.70. The SMILES string of the molecule is CC(C)(C)c1cc2c(c(C(C)(C)C)c1)[C@H](C(C)(C)C)C[C@@H]2N1C(=O)C=CC1=O. The van der Waals surface area contributed by atoms with E-state index in [1.807, 2.05) is 0 Å². The second-order valence-corrected chi connectivity index (χ2v) is 11.6. The first-order valence-electron chi connectivity index (χ1n) is 10.4. The molecule has 2 aliphatic rings. The van der Waals surface area contributed by atoms with Gasteiger partial charge in [0.25, 0.3) is 11.8 Å². The summed E-state index contributed by atoms with van der Waals surface area (Å²) in [4.78, 5) is 26.5. The van der Waals surface area contributed by atoms with Gasteiger partial charge in [-0.1, -0.05) is 74.4 Å². The molecule has 1 aliphatic carbocycles. The van der Waals surface area contributed by atoms with Crippen molar-refractivity contribution in [2.75, 3.05) is 0 Å². The molecule has 0 aromatic heterocycles. The van der Waals surface area contributed by atoms with Gasteiger partial charge in [-0.3, -0.25) is 14.5 Å². The molecule has 152 valence electrons. The maximum atomic E-state index is 12.5. The molecule has 0 unspecified atom stereocenters. The van der Waals surface area contributed by atoms with E-state index in [2.05, 4.69) is 74.4 Å². The Kier molecular flexibility index (Phi) is 4.69. The van der Waals surface area contributed by atoms with Crippen molar-refractivity contribution in [2.45, 2.75) is 91.5 Å². The van der Waals surface area contributed by atoms with Crippen LogP contribution in [0.3, 0.4) is 0 Å². The van der Waals surface area contributed by atoms with E-state index < -0.39 is 0 Å². The number of rotatable bonds is 1. The summed E-state index contributed by atoms with van der Waals surface area (Å²) in [6.45, 7) is 20.2. The summed E-state index contributed by atoms with van der Waals surface area (Å²) in [6.07, 6.45) is 3.62. The monoisotopic (exact) mass is 381 g/mol. The molecule has 0 fully saturated rings. The van der Waals surface area contributed by atoms with Crippen LogP contribution >= 0.6 is 0 Å². The summed E-state index contributed by atoms with van der Waals surface area (Å²) < 4.78 is 0. The number of amides is 2. The molecule has 28 heavy (non-hydrogen) atoms. The highest BCUT2D eigenvalue weighted by atomic mass is 16.2. The fourth-order valence-electron chi connectivity index (χ4n) is 4.61. The predicted molar refractivity (Wildman–Crippen MR) is 114 cm³/mol. The molecule has 2 atom stereocenters. The van der Waals surface area contributed by atoms with Crippen LogP contribution in [0.4, 0.5) is 0 Å². The topological polar surface area (TPSA) is 37.4 Å². The van der Waals surface area contributed by atoms with Crippen molar-refractivity contribution in [3.05, 3.63) is 46.5 Å². The van der Waals surface area contributed by atoms with Gasteiger partial charge in [-0.2, -0.15) is 0 Å². The Labute approximate surface area is 170 Å². The van der Waals surface area contributed by atoms with Gasteiger partial charge in [-0.05, 0) is 50.8 Å². The van der Waals surface area contributed by atoms with Crippen LogP contribution in [0.1, 0.15) is 103 Å². The van der Waals surface area contributed by atoms with Gasteiger partial charge in [-0.15, -0.1) is 0 Å². The predicted octanol–water partition coefficient (Wildman–Crippen LogP) is 5.78. The average Bonchev–Trinajstić information content (AvgIpc) is 3.04. The fourth-order valence-corrected chi connectivity index (χ4v) is 4.61. The third kappa shape index (κ3) is 3.44. The van der Waals surface area contributed by atoms with E-state index in [0.717, 1.165) is 6.42 Å². The van der Waals surface area contributed by atoms with Gasteiger partial charge in [0.2, 0.25) is 0 Å². The lowest BCUT2D eigenvalue weighted by molar-refractivity contribution is -0.139. The molecule has 0 saturated heterocycles. The van der Waals surface area contributed by atoms with Crippen LogP contribution in [0.25, 0.3) is 0 Å². The molecule has 3 nitrogen and oxygen atoms in total. The molecule has 3 rings (SSSR count). The van der Waals surface area contributed by atoms with E-state index in [0.29, 0.717) is 5.92 Å². The van der Waals surface area contributed by atoms with Crippen LogP contribution in [0.2, 0.25) is 0 Å². The Balaban J connectivity index is 2.31. The summed E-state index contributed by atoms with van der Waals surface area (Å²) in [7, 11) is 0. The van der Waals surface area contributed by atoms with Crippen molar-refractivity contribution in [3.8, 4) is 0 Å². The fraction of sp³-hybridized carbons (Fsp3) is 0.600. The second-order valence-electron chi connectivity index (χ2n) is 11.6. The Morgan fingerprint density at radius 2 is 1.36 bits per heavy atom. The zero-order valence-corrected chi connectivity index (χ0v) is 18.9. The molecule has 0 N–H and O–H groups in total. The number of imide groups is 1. The molecule has 0 bridgehead atoms. The summed E-state index contributed by atoms with van der Waals surface area (Å²) in [6, 6.07) is 4.45. The number of carbonyl (C=O) groups excluding carboxylic acids is 2. The molecule has 0 saturated carbocycles. The summed E-state index contributed by atoms with van der Waals surface area (Å²) in [5.41, 5.74) is 5.17. The highest BCUT2D eigenvalue weighted by Gasteiger charge is 2.46. The molecule has 3 heteroatoms. The van der Waals surface area contributed by atoms with Gasteiger partial charge in [0.05, 0.1) is 6.04 Å². The van der Waals surface area contributed by atoms with Crippen molar-refractivity contribution in [1.29, 1.82) is 0 Å². The van der Waals surface area contributed by atoms with Crippen molar-refractivity contribution >= 4 is 11.8 Å². The van der Waals surface area contributed by atoms with Crippen LogP contribution in [0, 0.1) is 5.41 Å². The zero-order valence-electron chi connectivity index (χ0n) is 18.9. The molecular formula is C25H35NO2.